The second-order valence-electron chi connectivity index (χ2n) is 6.85. The van der Waals surface area contributed by atoms with Gasteiger partial charge in [-0.25, -0.2) is 15.0 Å². The van der Waals surface area contributed by atoms with Crippen LogP contribution in [0.1, 0.15) is 41.4 Å². The van der Waals surface area contributed by atoms with Gasteiger partial charge in [0.15, 0.2) is 5.65 Å². The minimum absolute atomic E-state index is 0.125. The summed E-state index contributed by atoms with van der Waals surface area (Å²) in [6.07, 6.45) is 8.73. The minimum atomic E-state index is -0.125. The second-order valence-corrected chi connectivity index (χ2v) is 6.85. The number of carbonyl (C=O) groups excluding carboxylic acids is 1. The van der Waals surface area contributed by atoms with E-state index < -0.39 is 0 Å². The molecule has 134 valence electrons. The molecule has 1 aliphatic rings. The molecule has 8 nitrogen and oxygen atoms in total. The molecule has 0 radical (unpaired) electrons. The summed E-state index contributed by atoms with van der Waals surface area (Å²) in [6.45, 7) is 5.35. The summed E-state index contributed by atoms with van der Waals surface area (Å²) in [5.74, 6) is 1.71. The van der Waals surface area contributed by atoms with Gasteiger partial charge in [0.1, 0.15) is 17.3 Å². The van der Waals surface area contributed by atoms with E-state index in [0.29, 0.717) is 30.5 Å². The smallest absolute Gasteiger partial charge is 0.270 e. The van der Waals surface area contributed by atoms with Crippen LogP contribution in [0.25, 0.3) is 5.65 Å². The molecule has 26 heavy (non-hydrogen) atoms. The fraction of sp³-hybridized carbons (Fsp3) is 0.389. The Morgan fingerprint density at radius 2 is 2.19 bits per heavy atom. The molecule has 4 rings (SSSR count). The van der Waals surface area contributed by atoms with E-state index in [2.05, 4.69) is 44.4 Å². The lowest BCUT2D eigenvalue weighted by Crippen LogP contribution is -2.34. The van der Waals surface area contributed by atoms with Crippen molar-refractivity contribution in [3.8, 4) is 0 Å². The van der Waals surface area contributed by atoms with Crippen LogP contribution >= 0.6 is 0 Å². The predicted octanol–water partition coefficient (Wildman–Crippen LogP) is 1.62. The first-order valence-electron chi connectivity index (χ1n) is 8.79. The van der Waals surface area contributed by atoms with Crippen molar-refractivity contribution in [1.82, 2.24) is 29.7 Å². The highest BCUT2D eigenvalue weighted by Crippen LogP contribution is 2.22. The van der Waals surface area contributed by atoms with Crippen LogP contribution in [0, 0.1) is 5.92 Å². The number of hydrogen-bond donors (Lipinski definition) is 2. The van der Waals surface area contributed by atoms with Gasteiger partial charge in [-0.05, 0) is 12.3 Å². The molecule has 0 fully saturated rings. The van der Waals surface area contributed by atoms with Crippen molar-refractivity contribution in [2.45, 2.75) is 33.2 Å². The Kier molecular flexibility index (Phi) is 4.24. The molecule has 0 unspecified atom stereocenters. The summed E-state index contributed by atoms with van der Waals surface area (Å²) in [6, 6.07) is 0. The largest absolute Gasteiger partial charge is 0.364 e. The van der Waals surface area contributed by atoms with Gasteiger partial charge in [0, 0.05) is 37.1 Å². The van der Waals surface area contributed by atoms with Crippen LogP contribution < -0.4 is 10.6 Å². The molecular formula is C18H21N7O. The Morgan fingerprint density at radius 1 is 1.31 bits per heavy atom. The maximum atomic E-state index is 12.2. The number of amides is 1. The summed E-state index contributed by atoms with van der Waals surface area (Å²) in [7, 11) is 0. The number of anilines is 1. The molecule has 3 aromatic rings. The van der Waals surface area contributed by atoms with Crippen LogP contribution in [-0.2, 0) is 19.4 Å². The third kappa shape index (κ3) is 3.22. The van der Waals surface area contributed by atoms with E-state index in [1.165, 1.54) is 0 Å². The lowest BCUT2D eigenvalue weighted by molar-refractivity contribution is 0.0940. The van der Waals surface area contributed by atoms with Crippen molar-refractivity contribution >= 4 is 17.4 Å². The normalized spacial score (nSPS) is 13.7. The number of aromatic nitrogens is 5. The van der Waals surface area contributed by atoms with Crippen molar-refractivity contribution in [3.05, 3.63) is 47.6 Å². The number of nitrogens with one attached hydrogen (secondary N) is 2. The Morgan fingerprint density at radius 3 is 3.00 bits per heavy atom. The highest BCUT2D eigenvalue weighted by Gasteiger charge is 2.24. The van der Waals surface area contributed by atoms with Gasteiger partial charge >= 0.3 is 0 Å². The van der Waals surface area contributed by atoms with Gasteiger partial charge in [0.05, 0.1) is 18.4 Å². The zero-order chi connectivity index (χ0) is 18.1. The zero-order valence-electron chi connectivity index (χ0n) is 14.9. The molecule has 1 amide bonds. The molecule has 0 bridgehead atoms. The number of fused-ring (bicyclic) bond motifs is 2. The monoisotopic (exact) mass is 351 g/mol. The average molecular weight is 351 g/mol. The van der Waals surface area contributed by atoms with Crippen molar-refractivity contribution in [2.75, 3.05) is 11.9 Å². The average Bonchev–Trinajstić information content (AvgIpc) is 3.03. The van der Waals surface area contributed by atoms with Crippen LogP contribution in [-0.4, -0.2) is 36.8 Å². The Balaban J connectivity index is 1.63. The molecule has 3 aromatic heterocycles. The van der Waals surface area contributed by atoms with E-state index in [-0.39, 0.29) is 5.91 Å². The third-order valence-electron chi connectivity index (χ3n) is 4.27. The van der Waals surface area contributed by atoms with Crippen LogP contribution in [0.2, 0.25) is 0 Å². The molecule has 0 atom stereocenters. The van der Waals surface area contributed by atoms with Crippen LogP contribution in [0.15, 0.2) is 24.8 Å². The first kappa shape index (κ1) is 16.4. The quantitative estimate of drug-likeness (QED) is 0.725. The number of hydrogen-bond acceptors (Lipinski definition) is 6. The topological polar surface area (TPSA) is 97.1 Å². The molecule has 0 spiro atoms. The summed E-state index contributed by atoms with van der Waals surface area (Å²) < 4.78 is 1.93. The van der Waals surface area contributed by atoms with Crippen molar-refractivity contribution < 1.29 is 4.79 Å². The lowest BCUT2D eigenvalue weighted by atomic mass is 10.0. The fourth-order valence-corrected chi connectivity index (χ4v) is 3.10. The molecule has 0 saturated heterocycles. The van der Waals surface area contributed by atoms with Crippen LogP contribution in [0.3, 0.4) is 0 Å². The maximum absolute atomic E-state index is 12.2. The SMILES string of the molecule is CC(C)Cc1nc(NCc2cn3ccncc3n2)c2c(n1)C(=O)NCC2. The zero-order valence-corrected chi connectivity index (χ0v) is 14.9. The molecule has 0 aliphatic carbocycles. The Hall–Kier alpha value is -3.03. The van der Waals surface area contributed by atoms with Gasteiger partial charge in [-0.3, -0.25) is 9.78 Å². The minimum Gasteiger partial charge on any atom is -0.364 e. The summed E-state index contributed by atoms with van der Waals surface area (Å²) in [4.78, 5) is 30.0. The molecule has 8 heteroatoms. The lowest BCUT2D eigenvalue weighted by Gasteiger charge is -2.20. The molecule has 0 aromatic carbocycles. The van der Waals surface area contributed by atoms with Gasteiger partial charge in [-0.15, -0.1) is 0 Å². The molecule has 2 N–H and O–H groups in total. The van der Waals surface area contributed by atoms with Gasteiger partial charge < -0.3 is 15.0 Å². The molecule has 0 saturated carbocycles. The van der Waals surface area contributed by atoms with E-state index >= 15 is 0 Å². The highest BCUT2D eigenvalue weighted by atomic mass is 16.1. The Bertz CT molecular complexity index is 930. The molecule has 4 heterocycles. The Labute approximate surface area is 151 Å². The molecule has 1 aliphatic heterocycles. The van der Waals surface area contributed by atoms with E-state index in [4.69, 9.17) is 0 Å². The van der Waals surface area contributed by atoms with Crippen LogP contribution in [0.4, 0.5) is 5.82 Å². The van der Waals surface area contributed by atoms with E-state index in [9.17, 15) is 4.79 Å². The third-order valence-corrected chi connectivity index (χ3v) is 4.27. The van der Waals surface area contributed by atoms with Crippen molar-refractivity contribution in [2.24, 2.45) is 5.92 Å². The maximum Gasteiger partial charge on any atom is 0.270 e. The first-order chi connectivity index (χ1) is 12.6. The van der Waals surface area contributed by atoms with Gasteiger partial charge in [0.2, 0.25) is 0 Å². The van der Waals surface area contributed by atoms with Crippen LogP contribution in [0.5, 0.6) is 0 Å². The van der Waals surface area contributed by atoms with Crippen molar-refractivity contribution in [1.29, 1.82) is 0 Å². The van der Waals surface area contributed by atoms with Gasteiger partial charge in [0.25, 0.3) is 5.91 Å². The number of carbonyl (C=O) groups is 1. The first-order valence-corrected chi connectivity index (χ1v) is 8.79. The van der Waals surface area contributed by atoms with E-state index in [1.807, 2.05) is 16.8 Å². The van der Waals surface area contributed by atoms with Gasteiger partial charge in [-0.2, -0.15) is 0 Å². The molecular weight excluding hydrogens is 330 g/mol. The fourth-order valence-electron chi connectivity index (χ4n) is 3.10. The number of nitrogens with zero attached hydrogens (tertiary/aromatic N) is 5. The van der Waals surface area contributed by atoms with E-state index in [1.54, 1.807) is 12.4 Å². The second kappa shape index (κ2) is 6.70. The summed E-state index contributed by atoms with van der Waals surface area (Å²) in [5, 5.41) is 6.21. The van der Waals surface area contributed by atoms with Crippen molar-refractivity contribution in [3.63, 3.8) is 0 Å². The number of imidazole rings is 1. The summed E-state index contributed by atoms with van der Waals surface area (Å²) in [5.41, 5.74) is 3.06. The standard InChI is InChI=1S/C18H21N7O/c1-11(2)7-14-23-16-13(3-4-20-18(16)26)17(24-14)21-8-12-10-25-6-5-19-9-15(25)22-12/h5-6,9-11H,3-4,7-8H2,1-2H3,(H,20,26)(H,21,23,24). The highest BCUT2D eigenvalue weighted by molar-refractivity contribution is 5.96. The predicted molar refractivity (Wildman–Crippen MR) is 96.9 cm³/mol. The summed E-state index contributed by atoms with van der Waals surface area (Å²) >= 11 is 0. The van der Waals surface area contributed by atoms with E-state index in [0.717, 1.165) is 35.6 Å². The van der Waals surface area contributed by atoms with Gasteiger partial charge in [-0.1, -0.05) is 13.8 Å². The number of rotatable bonds is 5.